The molecule has 1 fully saturated rings. The number of halogens is 2. The van der Waals surface area contributed by atoms with Crippen molar-refractivity contribution in [2.45, 2.75) is 24.7 Å². The molecule has 1 saturated heterocycles. The van der Waals surface area contributed by atoms with Crippen molar-refractivity contribution < 1.29 is 36.3 Å². The molecule has 1 N–H and O–H groups in total. The highest BCUT2D eigenvalue weighted by Gasteiger charge is 2.33. The minimum absolute atomic E-state index is 0.00895. The van der Waals surface area contributed by atoms with E-state index in [-0.39, 0.29) is 30.8 Å². The molecule has 0 radical (unpaired) electrons. The minimum atomic E-state index is -4.02. The quantitative estimate of drug-likeness (QED) is 0.581. The van der Waals surface area contributed by atoms with Gasteiger partial charge in [0.1, 0.15) is 5.75 Å². The molecule has 0 saturated carbocycles. The number of hydrogen-bond acceptors (Lipinski definition) is 6. The molecule has 1 heterocycles. The first-order chi connectivity index (χ1) is 15.7. The van der Waals surface area contributed by atoms with E-state index >= 15 is 0 Å². The van der Waals surface area contributed by atoms with E-state index in [0.29, 0.717) is 24.1 Å². The van der Waals surface area contributed by atoms with E-state index in [9.17, 15) is 26.8 Å². The van der Waals surface area contributed by atoms with Gasteiger partial charge in [-0.05, 0) is 50.1 Å². The van der Waals surface area contributed by atoms with Crippen LogP contribution in [-0.4, -0.2) is 50.9 Å². The Bertz CT molecular complexity index is 1120. The van der Waals surface area contributed by atoms with E-state index in [4.69, 9.17) is 9.47 Å². The number of nitrogens with zero attached hydrogens (tertiary/aromatic N) is 1. The maximum atomic E-state index is 13.4. The maximum Gasteiger partial charge on any atom is 0.309 e. The Balaban J connectivity index is 1.50. The van der Waals surface area contributed by atoms with Crippen LogP contribution >= 0.6 is 0 Å². The van der Waals surface area contributed by atoms with Crippen LogP contribution in [0.2, 0.25) is 0 Å². The summed E-state index contributed by atoms with van der Waals surface area (Å²) < 4.78 is 63.5. The highest BCUT2D eigenvalue weighted by atomic mass is 32.2. The van der Waals surface area contributed by atoms with Crippen LogP contribution in [0.4, 0.5) is 14.5 Å². The molecule has 2 aromatic rings. The third kappa shape index (κ3) is 6.05. The molecule has 0 spiro atoms. The van der Waals surface area contributed by atoms with Crippen molar-refractivity contribution in [2.24, 2.45) is 5.92 Å². The van der Waals surface area contributed by atoms with Gasteiger partial charge in [0.25, 0.3) is 5.91 Å². The topological polar surface area (TPSA) is 102 Å². The van der Waals surface area contributed by atoms with Gasteiger partial charge in [0.2, 0.25) is 10.0 Å². The van der Waals surface area contributed by atoms with E-state index < -0.39 is 46.1 Å². The van der Waals surface area contributed by atoms with Crippen LogP contribution in [0.3, 0.4) is 0 Å². The zero-order chi connectivity index (χ0) is 24.0. The van der Waals surface area contributed by atoms with Crippen molar-refractivity contribution in [3.05, 3.63) is 54.1 Å². The van der Waals surface area contributed by atoms with Gasteiger partial charge < -0.3 is 14.8 Å². The average Bonchev–Trinajstić information content (AvgIpc) is 2.80. The molecule has 1 amide bonds. The first-order valence-electron chi connectivity index (χ1n) is 10.4. The normalized spacial score (nSPS) is 15.1. The third-order valence-corrected chi connectivity index (χ3v) is 7.02. The van der Waals surface area contributed by atoms with Crippen molar-refractivity contribution >= 4 is 27.6 Å². The van der Waals surface area contributed by atoms with E-state index in [1.54, 1.807) is 24.3 Å². The molecule has 1 aliphatic heterocycles. The molecule has 0 aliphatic carbocycles. The van der Waals surface area contributed by atoms with E-state index in [1.807, 2.05) is 6.92 Å². The number of carbonyl (C=O) groups is 2. The fourth-order valence-corrected chi connectivity index (χ4v) is 4.89. The Morgan fingerprint density at radius 3 is 2.45 bits per heavy atom. The first kappa shape index (κ1) is 24.6. The van der Waals surface area contributed by atoms with Crippen molar-refractivity contribution in [3.8, 4) is 5.75 Å². The first-order valence-corrected chi connectivity index (χ1v) is 11.8. The van der Waals surface area contributed by atoms with Gasteiger partial charge in [-0.25, -0.2) is 17.2 Å². The summed E-state index contributed by atoms with van der Waals surface area (Å²) in [5, 5.41) is 2.62. The number of piperidine rings is 1. The number of hydrogen-bond donors (Lipinski definition) is 1. The Kier molecular flexibility index (Phi) is 7.98. The molecule has 11 heteroatoms. The number of amides is 1. The summed E-state index contributed by atoms with van der Waals surface area (Å²) >= 11 is 0. The summed E-state index contributed by atoms with van der Waals surface area (Å²) in [6.45, 7) is 1.76. The number of sulfonamides is 1. The summed E-state index contributed by atoms with van der Waals surface area (Å²) in [6, 6.07) is 9.24. The molecule has 3 rings (SSSR count). The molecule has 0 bridgehead atoms. The smallest absolute Gasteiger partial charge is 0.309 e. The van der Waals surface area contributed by atoms with E-state index in [0.717, 1.165) is 16.4 Å². The van der Waals surface area contributed by atoms with E-state index in [2.05, 4.69) is 5.32 Å². The number of anilines is 1. The van der Waals surface area contributed by atoms with Crippen LogP contribution in [0.25, 0.3) is 0 Å². The zero-order valence-electron chi connectivity index (χ0n) is 17.9. The van der Waals surface area contributed by atoms with Gasteiger partial charge in [-0.2, -0.15) is 4.31 Å². The van der Waals surface area contributed by atoms with Crippen LogP contribution in [0.5, 0.6) is 5.75 Å². The van der Waals surface area contributed by atoms with Crippen LogP contribution in [0, 0.1) is 17.6 Å². The van der Waals surface area contributed by atoms with Crippen LogP contribution in [-0.2, 0) is 24.3 Å². The average molecular weight is 483 g/mol. The van der Waals surface area contributed by atoms with Gasteiger partial charge in [-0.1, -0.05) is 12.1 Å². The molecule has 2 aromatic carbocycles. The van der Waals surface area contributed by atoms with Crippen LogP contribution < -0.4 is 10.1 Å². The van der Waals surface area contributed by atoms with Crippen molar-refractivity contribution in [1.29, 1.82) is 0 Å². The van der Waals surface area contributed by atoms with Crippen LogP contribution in [0.1, 0.15) is 19.8 Å². The fourth-order valence-electron chi connectivity index (χ4n) is 3.41. The lowest BCUT2D eigenvalue weighted by Gasteiger charge is -2.30. The van der Waals surface area contributed by atoms with Crippen molar-refractivity contribution in [2.75, 3.05) is 31.6 Å². The highest BCUT2D eigenvalue weighted by molar-refractivity contribution is 7.89. The summed E-state index contributed by atoms with van der Waals surface area (Å²) in [5.41, 5.74) is 0.455. The van der Waals surface area contributed by atoms with Gasteiger partial charge in [0.05, 0.1) is 23.1 Å². The monoisotopic (exact) mass is 482 g/mol. The zero-order valence-corrected chi connectivity index (χ0v) is 18.7. The van der Waals surface area contributed by atoms with E-state index in [1.165, 1.54) is 0 Å². The molecule has 33 heavy (non-hydrogen) atoms. The Labute approximate surface area is 190 Å². The molecular weight excluding hydrogens is 458 g/mol. The van der Waals surface area contributed by atoms with Gasteiger partial charge >= 0.3 is 5.97 Å². The number of carbonyl (C=O) groups excluding carboxylic acids is 2. The molecule has 8 nitrogen and oxygen atoms in total. The largest absolute Gasteiger partial charge is 0.492 e. The minimum Gasteiger partial charge on any atom is -0.492 e. The Hall–Kier alpha value is -3.05. The number of esters is 1. The van der Waals surface area contributed by atoms with Crippen molar-refractivity contribution in [1.82, 2.24) is 4.31 Å². The van der Waals surface area contributed by atoms with Crippen LogP contribution in [0.15, 0.2) is 47.4 Å². The molecule has 0 aromatic heterocycles. The lowest BCUT2D eigenvalue weighted by Crippen LogP contribution is -2.41. The Morgan fingerprint density at radius 1 is 1.09 bits per heavy atom. The summed E-state index contributed by atoms with van der Waals surface area (Å²) in [7, 11) is -4.02. The number of nitrogens with one attached hydrogen (secondary N) is 1. The number of rotatable bonds is 8. The molecule has 0 unspecified atom stereocenters. The SMILES string of the molecule is CCOc1ccccc1NC(=O)COC(=O)C1CCN(S(=O)(=O)c2ccc(F)c(F)c2)CC1. The second kappa shape index (κ2) is 10.7. The predicted octanol–water partition coefficient (Wildman–Crippen LogP) is 2.95. The summed E-state index contributed by atoms with van der Waals surface area (Å²) in [6.07, 6.45) is 0.354. The van der Waals surface area contributed by atoms with Gasteiger partial charge in [-0.15, -0.1) is 0 Å². The molecule has 178 valence electrons. The molecule has 0 atom stereocenters. The second-order valence-corrected chi connectivity index (χ2v) is 9.28. The second-order valence-electron chi connectivity index (χ2n) is 7.34. The number of para-hydroxylation sites is 2. The fraction of sp³-hybridized carbons (Fsp3) is 0.364. The molecular formula is C22H24F2N2O6S. The van der Waals surface area contributed by atoms with Gasteiger partial charge in [0.15, 0.2) is 18.2 Å². The van der Waals surface area contributed by atoms with Gasteiger partial charge in [0, 0.05) is 13.1 Å². The lowest BCUT2D eigenvalue weighted by molar-refractivity contribution is -0.152. The predicted molar refractivity (Wildman–Crippen MR) is 115 cm³/mol. The number of ether oxygens (including phenoxy) is 2. The Morgan fingerprint density at radius 2 is 1.79 bits per heavy atom. The lowest BCUT2D eigenvalue weighted by atomic mass is 9.98. The highest BCUT2D eigenvalue weighted by Crippen LogP contribution is 2.26. The van der Waals surface area contributed by atoms with Crippen molar-refractivity contribution in [3.63, 3.8) is 0 Å². The summed E-state index contributed by atoms with van der Waals surface area (Å²) in [5.74, 6) is -3.61. The summed E-state index contributed by atoms with van der Waals surface area (Å²) in [4.78, 5) is 24.2. The third-order valence-electron chi connectivity index (χ3n) is 5.12. The number of benzene rings is 2. The van der Waals surface area contributed by atoms with Gasteiger partial charge in [-0.3, -0.25) is 9.59 Å². The standard InChI is InChI=1S/C22H24F2N2O6S/c1-2-31-20-6-4-3-5-19(20)25-21(27)14-32-22(28)15-9-11-26(12-10-15)33(29,30)16-7-8-17(23)18(24)13-16/h3-8,13,15H,2,9-12,14H2,1H3,(H,25,27). The maximum absolute atomic E-state index is 13.4. The molecule has 1 aliphatic rings.